The van der Waals surface area contributed by atoms with Crippen LogP contribution in [-0.2, 0) is 13.2 Å². The lowest BCUT2D eigenvalue weighted by molar-refractivity contribution is 0.101. The molecule has 162 valence electrons. The van der Waals surface area contributed by atoms with Gasteiger partial charge in [-0.25, -0.2) is 0 Å². The first-order valence-electron chi connectivity index (χ1n) is 9.47. The van der Waals surface area contributed by atoms with Crippen molar-refractivity contribution in [1.29, 1.82) is 0 Å². The molecule has 0 aromatic heterocycles. The first kappa shape index (κ1) is 22.8. The SMILES string of the molecule is COc1ccc(COc2c(Cl)cc(C(C)=O)c(Cl)c2OCc2ccc(OC)cc2)cc1. The number of carbonyl (C=O) groups excluding carboxylic acids is 1. The van der Waals surface area contributed by atoms with Crippen molar-refractivity contribution >= 4 is 29.0 Å². The van der Waals surface area contributed by atoms with Gasteiger partial charge in [0.25, 0.3) is 0 Å². The third-order valence-corrected chi connectivity index (χ3v) is 5.25. The van der Waals surface area contributed by atoms with E-state index in [1.165, 1.54) is 13.0 Å². The van der Waals surface area contributed by atoms with Gasteiger partial charge in [-0.05, 0) is 48.4 Å². The van der Waals surface area contributed by atoms with Crippen LogP contribution in [0.4, 0.5) is 0 Å². The lowest BCUT2D eigenvalue weighted by Crippen LogP contribution is -2.05. The van der Waals surface area contributed by atoms with Crippen molar-refractivity contribution in [1.82, 2.24) is 0 Å². The maximum atomic E-state index is 12.0. The Labute approximate surface area is 191 Å². The van der Waals surface area contributed by atoms with Gasteiger partial charge in [-0.3, -0.25) is 4.79 Å². The molecule has 5 nitrogen and oxygen atoms in total. The Kier molecular flexibility index (Phi) is 7.66. The van der Waals surface area contributed by atoms with Crippen molar-refractivity contribution in [2.75, 3.05) is 14.2 Å². The van der Waals surface area contributed by atoms with Gasteiger partial charge in [-0.1, -0.05) is 47.5 Å². The zero-order valence-electron chi connectivity index (χ0n) is 17.4. The number of methoxy groups -OCH3 is 2. The molecule has 0 atom stereocenters. The van der Waals surface area contributed by atoms with Gasteiger partial charge in [0.2, 0.25) is 0 Å². The average Bonchev–Trinajstić information content (AvgIpc) is 2.79. The van der Waals surface area contributed by atoms with E-state index in [1.54, 1.807) is 14.2 Å². The van der Waals surface area contributed by atoms with Gasteiger partial charge in [-0.2, -0.15) is 0 Å². The number of Topliss-reactive ketones (excluding diaryl/α,β-unsaturated/α-hetero) is 1. The molecule has 3 rings (SSSR count). The van der Waals surface area contributed by atoms with Crippen LogP contribution in [0.25, 0.3) is 0 Å². The van der Waals surface area contributed by atoms with Crippen LogP contribution in [0.2, 0.25) is 10.0 Å². The quantitative estimate of drug-likeness (QED) is 0.347. The van der Waals surface area contributed by atoms with E-state index in [2.05, 4.69) is 0 Å². The summed E-state index contributed by atoms with van der Waals surface area (Å²) >= 11 is 12.9. The Morgan fingerprint density at radius 3 is 1.65 bits per heavy atom. The van der Waals surface area contributed by atoms with E-state index in [0.717, 1.165) is 22.6 Å². The molecule has 31 heavy (non-hydrogen) atoms. The molecule has 3 aromatic rings. The highest BCUT2D eigenvalue weighted by atomic mass is 35.5. The van der Waals surface area contributed by atoms with E-state index in [0.29, 0.717) is 0 Å². The summed E-state index contributed by atoms with van der Waals surface area (Å²) in [5.74, 6) is 1.78. The standard InChI is InChI=1S/C24H22Cl2O5/c1-15(27)20-12-21(25)23(30-13-16-4-8-18(28-2)9-5-16)24(22(20)26)31-14-17-6-10-19(29-3)11-7-17/h4-12H,13-14H2,1-3H3. The molecule has 0 aliphatic heterocycles. The van der Waals surface area contributed by atoms with Gasteiger partial charge < -0.3 is 18.9 Å². The van der Waals surface area contributed by atoms with Gasteiger partial charge in [0.1, 0.15) is 24.7 Å². The molecule has 0 saturated carbocycles. The van der Waals surface area contributed by atoms with Crippen LogP contribution >= 0.6 is 23.2 Å². The highest BCUT2D eigenvalue weighted by Gasteiger charge is 2.21. The van der Waals surface area contributed by atoms with E-state index in [4.69, 9.17) is 42.1 Å². The lowest BCUT2D eigenvalue weighted by Gasteiger charge is -2.18. The second-order valence-electron chi connectivity index (χ2n) is 6.71. The molecular formula is C24H22Cl2O5. The van der Waals surface area contributed by atoms with Crippen molar-refractivity contribution in [3.8, 4) is 23.0 Å². The van der Waals surface area contributed by atoms with Crippen LogP contribution < -0.4 is 18.9 Å². The lowest BCUT2D eigenvalue weighted by atomic mass is 10.1. The highest BCUT2D eigenvalue weighted by Crippen LogP contribution is 2.44. The Balaban J connectivity index is 1.86. The molecule has 0 fully saturated rings. The first-order chi connectivity index (χ1) is 14.9. The second-order valence-corrected chi connectivity index (χ2v) is 7.49. The van der Waals surface area contributed by atoms with Gasteiger partial charge in [0.05, 0.1) is 24.3 Å². The van der Waals surface area contributed by atoms with Gasteiger partial charge >= 0.3 is 0 Å². The van der Waals surface area contributed by atoms with Crippen molar-refractivity contribution < 1.29 is 23.7 Å². The average molecular weight is 461 g/mol. The van der Waals surface area contributed by atoms with Crippen molar-refractivity contribution in [2.24, 2.45) is 0 Å². The predicted molar refractivity (Wildman–Crippen MR) is 121 cm³/mol. The van der Waals surface area contributed by atoms with E-state index in [1.807, 2.05) is 48.5 Å². The maximum Gasteiger partial charge on any atom is 0.182 e. The minimum Gasteiger partial charge on any atom is -0.497 e. The molecule has 0 amide bonds. The molecule has 0 radical (unpaired) electrons. The molecular weight excluding hydrogens is 439 g/mol. The summed E-state index contributed by atoms with van der Waals surface area (Å²) in [5.41, 5.74) is 2.07. The number of hydrogen-bond donors (Lipinski definition) is 0. The summed E-state index contributed by atoms with van der Waals surface area (Å²) < 4.78 is 22.3. The van der Waals surface area contributed by atoms with Crippen LogP contribution in [0, 0.1) is 0 Å². The van der Waals surface area contributed by atoms with E-state index in [-0.39, 0.29) is 46.1 Å². The normalized spacial score (nSPS) is 10.5. The fraction of sp³-hybridized carbons (Fsp3) is 0.208. The smallest absolute Gasteiger partial charge is 0.182 e. The van der Waals surface area contributed by atoms with Crippen molar-refractivity contribution in [3.05, 3.63) is 81.3 Å². The Hall–Kier alpha value is -2.89. The fourth-order valence-electron chi connectivity index (χ4n) is 2.86. The molecule has 7 heteroatoms. The van der Waals surface area contributed by atoms with Crippen LogP contribution in [0.15, 0.2) is 54.6 Å². The van der Waals surface area contributed by atoms with Gasteiger partial charge in [0, 0.05) is 5.56 Å². The number of rotatable bonds is 9. The van der Waals surface area contributed by atoms with Crippen LogP contribution in [-0.4, -0.2) is 20.0 Å². The summed E-state index contributed by atoms with van der Waals surface area (Å²) in [5, 5.41) is 0.406. The Morgan fingerprint density at radius 2 is 1.23 bits per heavy atom. The van der Waals surface area contributed by atoms with Crippen molar-refractivity contribution in [3.63, 3.8) is 0 Å². The molecule has 0 spiro atoms. The maximum absolute atomic E-state index is 12.0. The molecule has 0 saturated heterocycles. The zero-order valence-corrected chi connectivity index (χ0v) is 18.9. The van der Waals surface area contributed by atoms with Gasteiger partial charge in [0.15, 0.2) is 17.3 Å². The third-order valence-electron chi connectivity index (χ3n) is 4.59. The predicted octanol–water partition coefficient (Wildman–Crippen LogP) is 6.37. The Morgan fingerprint density at radius 1 is 0.774 bits per heavy atom. The van der Waals surface area contributed by atoms with E-state index in [9.17, 15) is 4.79 Å². The summed E-state index contributed by atoms with van der Waals surface area (Å²) in [4.78, 5) is 12.0. The van der Waals surface area contributed by atoms with E-state index >= 15 is 0 Å². The fourth-order valence-corrected chi connectivity index (χ4v) is 3.44. The number of carbonyl (C=O) groups is 1. The largest absolute Gasteiger partial charge is 0.497 e. The molecule has 0 aliphatic rings. The highest BCUT2D eigenvalue weighted by molar-refractivity contribution is 6.38. The molecule has 0 aliphatic carbocycles. The molecule has 0 unspecified atom stereocenters. The number of benzene rings is 3. The topological polar surface area (TPSA) is 54.0 Å². The number of halogens is 2. The number of hydrogen-bond acceptors (Lipinski definition) is 5. The van der Waals surface area contributed by atoms with Gasteiger partial charge in [-0.15, -0.1) is 0 Å². The molecule has 0 N–H and O–H groups in total. The summed E-state index contributed by atoms with van der Waals surface area (Å²) in [7, 11) is 3.21. The molecule has 0 heterocycles. The minimum atomic E-state index is -0.220. The number of ketones is 1. The summed E-state index contributed by atoms with van der Waals surface area (Å²) in [6.07, 6.45) is 0. The summed E-state index contributed by atoms with van der Waals surface area (Å²) in [6, 6.07) is 16.4. The third kappa shape index (κ3) is 5.63. The molecule has 0 bridgehead atoms. The number of ether oxygens (including phenoxy) is 4. The minimum absolute atomic E-state index is 0.162. The monoisotopic (exact) mass is 460 g/mol. The van der Waals surface area contributed by atoms with Crippen LogP contribution in [0.3, 0.4) is 0 Å². The summed E-state index contributed by atoms with van der Waals surface area (Å²) in [6.45, 7) is 1.86. The molecule has 3 aromatic carbocycles. The Bertz CT molecular complexity index is 1050. The first-order valence-corrected chi connectivity index (χ1v) is 10.2. The van der Waals surface area contributed by atoms with Crippen molar-refractivity contribution in [2.45, 2.75) is 20.1 Å². The van der Waals surface area contributed by atoms with E-state index < -0.39 is 0 Å². The van der Waals surface area contributed by atoms with Crippen LogP contribution in [0.1, 0.15) is 28.4 Å². The second kappa shape index (κ2) is 10.4. The zero-order chi connectivity index (χ0) is 22.4. The van der Waals surface area contributed by atoms with Crippen LogP contribution in [0.5, 0.6) is 23.0 Å².